The van der Waals surface area contributed by atoms with E-state index in [9.17, 15) is 4.79 Å². The Bertz CT molecular complexity index is 862. The van der Waals surface area contributed by atoms with Crippen LogP contribution in [-0.2, 0) is 0 Å². The van der Waals surface area contributed by atoms with Crippen molar-refractivity contribution in [3.05, 3.63) is 70.9 Å². The molecule has 0 radical (unpaired) electrons. The number of hydrogen-bond acceptors (Lipinski definition) is 4. The van der Waals surface area contributed by atoms with Gasteiger partial charge in [-0.1, -0.05) is 53.2 Å². The van der Waals surface area contributed by atoms with Crippen molar-refractivity contribution >= 4 is 17.5 Å². The highest BCUT2D eigenvalue weighted by Crippen LogP contribution is 2.30. The maximum absolute atomic E-state index is 12.5. The molecule has 0 unspecified atom stereocenters. The lowest BCUT2D eigenvalue weighted by atomic mass is 10.1. The van der Waals surface area contributed by atoms with Gasteiger partial charge in [0.15, 0.2) is 0 Å². The van der Waals surface area contributed by atoms with Gasteiger partial charge in [-0.3, -0.25) is 4.79 Å². The van der Waals surface area contributed by atoms with Crippen molar-refractivity contribution < 1.29 is 14.1 Å². The molecule has 1 amide bonds. The Morgan fingerprint density at radius 1 is 1.16 bits per heavy atom. The van der Waals surface area contributed by atoms with E-state index in [0.717, 1.165) is 5.75 Å². The van der Waals surface area contributed by atoms with Crippen LogP contribution in [0.1, 0.15) is 16.1 Å². The highest BCUT2D eigenvalue weighted by atomic mass is 35.5. The van der Waals surface area contributed by atoms with E-state index < -0.39 is 0 Å². The number of nitrogens with zero attached hydrogens (tertiary/aromatic N) is 1. The molecule has 0 aliphatic heterocycles. The minimum atomic E-state index is -0.273. The van der Waals surface area contributed by atoms with E-state index in [0.29, 0.717) is 40.8 Å². The van der Waals surface area contributed by atoms with Crippen LogP contribution in [0.2, 0.25) is 5.02 Å². The van der Waals surface area contributed by atoms with Crippen molar-refractivity contribution in [3.8, 4) is 17.0 Å². The summed E-state index contributed by atoms with van der Waals surface area (Å²) >= 11 is 6.21. The first-order chi connectivity index (χ1) is 12.2. The van der Waals surface area contributed by atoms with Gasteiger partial charge in [-0.05, 0) is 25.1 Å². The zero-order valence-electron chi connectivity index (χ0n) is 13.7. The molecule has 1 N–H and O–H groups in total. The number of amides is 1. The summed E-state index contributed by atoms with van der Waals surface area (Å²) in [5.74, 6) is 0.927. The zero-order valence-corrected chi connectivity index (χ0v) is 14.4. The summed E-state index contributed by atoms with van der Waals surface area (Å²) in [7, 11) is 0. The summed E-state index contributed by atoms with van der Waals surface area (Å²) in [5.41, 5.74) is 1.48. The molecule has 0 bridgehead atoms. The number of aryl methyl sites for hydroxylation is 1. The van der Waals surface area contributed by atoms with Gasteiger partial charge in [-0.2, -0.15) is 0 Å². The second kappa shape index (κ2) is 7.85. The quantitative estimate of drug-likeness (QED) is 0.675. The number of para-hydroxylation sites is 1. The molecular weight excluding hydrogens is 340 g/mol. The molecule has 1 heterocycles. The number of halogens is 1. The Kier molecular flexibility index (Phi) is 5.36. The molecule has 5 nitrogen and oxygen atoms in total. The highest BCUT2D eigenvalue weighted by Gasteiger charge is 2.22. The van der Waals surface area contributed by atoms with Crippen LogP contribution in [0.4, 0.5) is 0 Å². The van der Waals surface area contributed by atoms with Crippen molar-refractivity contribution in [2.24, 2.45) is 0 Å². The molecule has 25 heavy (non-hydrogen) atoms. The van der Waals surface area contributed by atoms with Crippen molar-refractivity contribution in [3.63, 3.8) is 0 Å². The number of aromatic nitrogens is 1. The van der Waals surface area contributed by atoms with Crippen LogP contribution >= 0.6 is 11.6 Å². The van der Waals surface area contributed by atoms with E-state index in [1.165, 1.54) is 0 Å². The Hall–Kier alpha value is -2.79. The normalized spacial score (nSPS) is 10.5. The van der Waals surface area contributed by atoms with Crippen molar-refractivity contribution in [1.82, 2.24) is 10.5 Å². The van der Waals surface area contributed by atoms with Gasteiger partial charge in [0.25, 0.3) is 5.91 Å². The van der Waals surface area contributed by atoms with Gasteiger partial charge in [0.2, 0.25) is 0 Å². The van der Waals surface area contributed by atoms with Crippen LogP contribution in [0.5, 0.6) is 5.75 Å². The first-order valence-electron chi connectivity index (χ1n) is 7.84. The number of carbonyl (C=O) groups is 1. The van der Waals surface area contributed by atoms with E-state index in [1.54, 1.807) is 19.1 Å². The maximum atomic E-state index is 12.5. The Morgan fingerprint density at radius 3 is 2.64 bits per heavy atom. The fourth-order valence-electron chi connectivity index (χ4n) is 2.42. The Balaban J connectivity index is 1.66. The molecule has 1 aromatic heterocycles. The SMILES string of the molecule is Cc1onc(-c2ccccc2Cl)c1C(=O)NCCOc1ccccc1. The van der Waals surface area contributed by atoms with Crippen LogP contribution in [0.25, 0.3) is 11.3 Å². The third-order valence-electron chi connectivity index (χ3n) is 3.62. The van der Waals surface area contributed by atoms with Crippen LogP contribution in [0.15, 0.2) is 59.1 Å². The average molecular weight is 357 g/mol. The molecular formula is C19H17ClN2O3. The summed E-state index contributed by atoms with van der Waals surface area (Å²) in [5, 5.41) is 7.32. The summed E-state index contributed by atoms with van der Waals surface area (Å²) in [6, 6.07) is 16.6. The van der Waals surface area contributed by atoms with Crippen LogP contribution in [0.3, 0.4) is 0 Å². The number of benzene rings is 2. The molecule has 0 aliphatic carbocycles. The van der Waals surface area contributed by atoms with Gasteiger partial charge in [-0.25, -0.2) is 0 Å². The molecule has 0 saturated carbocycles. The predicted molar refractivity (Wildman–Crippen MR) is 96.0 cm³/mol. The summed E-state index contributed by atoms with van der Waals surface area (Å²) in [4.78, 5) is 12.5. The van der Waals surface area contributed by atoms with Crippen LogP contribution in [-0.4, -0.2) is 24.2 Å². The third kappa shape index (κ3) is 4.00. The molecule has 0 aliphatic rings. The van der Waals surface area contributed by atoms with E-state index in [1.807, 2.05) is 42.5 Å². The van der Waals surface area contributed by atoms with Crippen molar-refractivity contribution in [1.29, 1.82) is 0 Å². The highest BCUT2D eigenvalue weighted by molar-refractivity contribution is 6.33. The predicted octanol–water partition coefficient (Wildman–Crippen LogP) is 4.11. The molecule has 3 rings (SSSR count). The van der Waals surface area contributed by atoms with E-state index in [4.69, 9.17) is 20.9 Å². The topological polar surface area (TPSA) is 64.4 Å². The van der Waals surface area contributed by atoms with Gasteiger partial charge in [0.1, 0.15) is 29.4 Å². The number of hydrogen-bond donors (Lipinski definition) is 1. The lowest BCUT2D eigenvalue weighted by Crippen LogP contribution is -2.28. The van der Waals surface area contributed by atoms with Gasteiger partial charge in [0, 0.05) is 5.56 Å². The third-order valence-corrected chi connectivity index (χ3v) is 3.95. The lowest BCUT2D eigenvalue weighted by Gasteiger charge is -2.08. The zero-order chi connectivity index (χ0) is 17.6. The maximum Gasteiger partial charge on any atom is 0.257 e. The largest absolute Gasteiger partial charge is 0.492 e. The Labute approximate surface area is 150 Å². The fraction of sp³-hybridized carbons (Fsp3) is 0.158. The Morgan fingerprint density at radius 2 is 1.88 bits per heavy atom. The molecule has 0 fully saturated rings. The van der Waals surface area contributed by atoms with Crippen molar-refractivity contribution in [2.45, 2.75) is 6.92 Å². The first-order valence-corrected chi connectivity index (χ1v) is 8.22. The number of carbonyl (C=O) groups excluding carboxylic acids is 1. The minimum absolute atomic E-state index is 0.273. The van der Waals surface area contributed by atoms with E-state index in [-0.39, 0.29) is 5.91 Å². The van der Waals surface area contributed by atoms with Crippen molar-refractivity contribution in [2.75, 3.05) is 13.2 Å². The van der Waals surface area contributed by atoms with Crippen LogP contribution in [0, 0.1) is 6.92 Å². The second-order valence-corrected chi connectivity index (χ2v) is 5.77. The molecule has 2 aromatic carbocycles. The van der Waals surface area contributed by atoms with E-state index in [2.05, 4.69) is 10.5 Å². The molecule has 128 valence electrons. The number of nitrogens with one attached hydrogen (secondary N) is 1. The number of rotatable bonds is 6. The first kappa shape index (κ1) is 17.0. The molecule has 0 saturated heterocycles. The van der Waals surface area contributed by atoms with Crippen LogP contribution < -0.4 is 10.1 Å². The fourth-order valence-corrected chi connectivity index (χ4v) is 2.64. The smallest absolute Gasteiger partial charge is 0.257 e. The minimum Gasteiger partial charge on any atom is -0.492 e. The van der Waals surface area contributed by atoms with Gasteiger partial charge >= 0.3 is 0 Å². The monoisotopic (exact) mass is 356 g/mol. The van der Waals surface area contributed by atoms with Gasteiger partial charge in [-0.15, -0.1) is 0 Å². The summed E-state index contributed by atoms with van der Waals surface area (Å²) < 4.78 is 10.8. The molecule has 6 heteroatoms. The summed E-state index contributed by atoms with van der Waals surface area (Å²) in [6.07, 6.45) is 0. The standard InChI is InChI=1S/C19H17ClN2O3/c1-13-17(18(22-25-13)15-9-5-6-10-16(15)20)19(23)21-11-12-24-14-7-3-2-4-8-14/h2-10H,11-12H2,1H3,(H,21,23). The molecule has 0 spiro atoms. The lowest BCUT2D eigenvalue weighted by molar-refractivity contribution is 0.0946. The van der Waals surface area contributed by atoms with E-state index >= 15 is 0 Å². The summed E-state index contributed by atoms with van der Waals surface area (Å²) in [6.45, 7) is 2.42. The average Bonchev–Trinajstić information content (AvgIpc) is 3.01. The number of ether oxygens (including phenoxy) is 1. The molecule has 3 aromatic rings. The van der Waals surface area contributed by atoms with Gasteiger partial charge < -0.3 is 14.6 Å². The second-order valence-electron chi connectivity index (χ2n) is 5.36. The van der Waals surface area contributed by atoms with Gasteiger partial charge in [0.05, 0.1) is 11.6 Å². The molecule has 0 atom stereocenters.